The third-order valence-corrected chi connectivity index (χ3v) is 4.85. The van der Waals surface area contributed by atoms with Crippen molar-refractivity contribution in [2.24, 2.45) is 0 Å². The van der Waals surface area contributed by atoms with Gasteiger partial charge in [0.2, 0.25) is 11.8 Å². The first kappa shape index (κ1) is 15.6. The Morgan fingerprint density at radius 2 is 2.09 bits per heavy atom. The van der Waals surface area contributed by atoms with Gasteiger partial charge < -0.3 is 15.5 Å². The molecule has 2 saturated heterocycles. The zero-order valence-electron chi connectivity index (χ0n) is 11.9. The van der Waals surface area contributed by atoms with Crippen LogP contribution in [0.15, 0.2) is 18.2 Å². The van der Waals surface area contributed by atoms with E-state index in [2.05, 4.69) is 10.6 Å². The summed E-state index contributed by atoms with van der Waals surface area (Å²) >= 11 is 11.9. The van der Waals surface area contributed by atoms with Crippen LogP contribution in [0.1, 0.15) is 19.3 Å². The van der Waals surface area contributed by atoms with Crippen LogP contribution >= 0.6 is 23.2 Å². The topological polar surface area (TPSA) is 61.4 Å². The van der Waals surface area contributed by atoms with Gasteiger partial charge >= 0.3 is 0 Å². The van der Waals surface area contributed by atoms with Crippen LogP contribution in [-0.4, -0.2) is 37.0 Å². The summed E-state index contributed by atoms with van der Waals surface area (Å²) in [4.78, 5) is 26.2. The number of nitrogens with zero attached hydrogens (tertiary/aromatic N) is 1. The standard InChI is InChI=1S/C15H17Cl2N3O2/c16-10-4-3-9(8-11(10)17)20-7-5-13(15(20)22)19-14(21)12-2-1-6-18-12/h3-4,8,12-13,18H,1-2,5-7H2,(H,19,21)/t12-,13+/m0/s1. The van der Waals surface area contributed by atoms with Crippen LogP contribution in [0.25, 0.3) is 0 Å². The minimum Gasteiger partial charge on any atom is -0.343 e. The van der Waals surface area contributed by atoms with E-state index in [1.165, 1.54) is 0 Å². The highest BCUT2D eigenvalue weighted by Gasteiger charge is 2.35. The molecule has 1 aromatic rings. The van der Waals surface area contributed by atoms with Gasteiger partial charge in [-0.05, 0) is 44.0 Å². The summed E-state index contributed by atoms with van der Waals surface area (Å²) in [6.07, 6.45) is 2.41. The molecule has 0 saturated carbocycles. The molecule has 0 radical (unpaired) electrons. The van der Waals surface area contributed by atoms with Gasteiger partial charge in [0.15, 0.2) is 0 Å². The molecule has 22 heavy (non-hydrogen) atoms. The van der Waals surface area contributed by atoms with Gasteiger partial charge in [0.25, 0.3) is 0 Å². The molecular formula is C15H17Cl2N3O2. The van der Waals surface area contributed by atoms with E-state index in [0.29, 0.717) is 28.7 Å². The van der Waals surface area contributed by atoms with Crippen molar-refractivity contribution in [1.82, 2.24) is 10.6 Å². The second-order valence-corrected chi connectivity index (χ2v) is 6.40. The molecule has 0 unspecified atom stereocenters. The average Bonchev–Trinajstić information content (AvgIpc) is 3.13. The van der Waals surface area contributed by atoms with Crippen molar-refractivity contribution in [2.45, 2.75) is 31.3 Å². The summed E-state index contributed by atoms with van der Waals surface area (Å²) in [5.74, 6) is -0.198. The number of benzene rings is 1. The van der Waals surface area contributed by atoms with Crippen LogP contribution in [0.4, 0.5) is 5.69 Å². The van der Waals surface area contributed by atoms with Crippen molar-refractivity contribution in [3.05, 3.63) is 28.2 Å². The molecule has 0 aliphatic carbocycles. The van der Waals surface area contributed by atoms with Crippen LogP contribution in [0.2, 0.25) is 10.0 Å². The smallest absolute Gasteiger partial charge is 0.249 e. The largest absolute Gasteiger partial charge is 0.343 e. The van der Waals surface area contributed by atoms with Crippen LogP contribution in [0.5, 0.6) is 0 Å². The van der Waals surface area contributed by atoms with Crippen molar-refractivity contribution in [2.75, 3.05) is 18.0 Å². The van der Waals surface area contributed by atoms with E-state index in [1.807, 2.05) is 0 Å². The van der Waals surface area contributed by atoms with Gasteiger partial charge in [-0.2, -0.15) is 0 Å². The lowest BCUT2D eigenvalue weighted by atomic mass is 10.2. The molecule has 118 valence electrons. The number of carbonyl (C=O) groups is 2. The third kappa shape index (κ3) is 3.07. The molecule has 2 aliphatic rings. The van der Waals surface area contributed by atoms with E-state index in [-0.39, 0.29) is 17.9 Å². The SMILES string of the molecule is O=C(N[C@@H]1CCN(c2ccc(Cl)c(Cl)c2)C1=O)[C@@H]1CCCN1. The molecule has 0 aromatic heterocycles. The van der Waals surface area contributed by atoms with Crippen LogP contribution in [0.3, 0.4) is 0 Å². The fraction of sp³-hybridized carbons (Fsp3) is 0.467. The van der Waals surface area contributed by atoms with Crippen LogP contribution in [-0.2, 0) is 9.59 Å². The first-order valence-corrected chi connectivity index (χ1v) is 8.12. The average molecular weight is 342 g/mol. The minimum absolute atomic E-state index is 0.0909. The summed E-state index contributed by atoms with van der Waals surface area (Å²) in [5, 5.41) is 6.84. The van der Waals surface area contributed by atoms with E-state index < -0.39 is 6.04 Å². The maximum Gasteiger partial charge on any atom is 0.249 e. The molecule has 5 nitrogen and oxygen atoms in total. The second-order valence-electron chi connectivity index (χ2n) is 5.59. The molecule has 0 bridgehead atoms. The number of hydrogen-bond donors (Lipinski definition) is 2. The lowest BCUT2D eigenvalue weighted by Gasteiger charge is -2.19. The summed E-state index contributed by atoms with van der Waals surface area (Å²) < 4.78 is 0. The zero-order chi connectivity index (χ0) is 15.7. The van der Waals surface area contributed by atoms with Gasteiger partial charge in [-0.3, -0.25) is 9.59 Å². The Labute approximate surface area is 138 Å². The van der Waals surface area contributed by atoms with Gasteiger partial charge in [0, 0.05) is 12.2 Å². The van der Waals surface area contributed by atoms with Gasteiger partial charge in [-0.15, -0.1) is 0 Å². The molecule has 0 spiro atoms. The molecule has 2 aliphatic heterocycles. The molecule has 2 amide bonds. The molecule has 2 N–H and O–H groups in total. The molecular weight excluding hydrogens is 325 g/mol. The van der Waals surface area contributed by atoms with E-state index in [1.54, 1.807) is 23.1 Å². The lowest BCUT2D eigenvalue weighted by Crippen LogP contribution is -2.48. The Balaban J connectivity index is 1.66. The van der Waals surface area contributed by atoms with Gasteiger partial charge in [-0.1, -0.05) is 23.2 Å². The Bertz CT molecular complexity index is 602. The van der Waals surface area contributed by atoms with E-state index in [4.69, 9.17) is 23.2 Å². The predicted molar refractivity (Wildman–Crippen MR) is 86.4 cm³/mol. The predicted octanol–water partition coefficient (Wildman–Crippen LogP) is 1.97. The van der Waals surface area contributed by atoms with Crippen molar-refractivity contribution >= 4 is 40.7 Å². The molecule has 3 rings (SSSR count). The normalized spacial score (nSPS) is 24.8. The fourth-order valence-corrected chi connectivity index (χ4v) is 3.20. The van der Waals surface area contributed by atoms with Crippen molar-refractivity contribution in [3.8, 4) is 0 Å². The summed E-state index contributed by atoms with van der Waals surface area (Å²) in [6.45, 7) is 1.41. The number of hydrogen-bond acceptors (Lipinski definition) is 3. The van der Waals surface area contributed by atoms with Gasteiger partial charge in [-0.25, -0.2) is 0 Å². The number of amides is 2. The highest BCUT2D eigenvalue weighted by Crippen LogP contribution is 2.29. The quantitative estimate of drug-likeness (QED) is 0.883. The Morgan fingerprint density at radius 3 is 2.77 bits per heavy atom. The molecule has 1 aromatic carbocycles. The number of rotatable bonds is 3. The van der Waals surface area contributed by atoms with E-state index in [9.17, 15) is 9.59 Å². The first-order chi connectivity index (χ1) is 10.6. The Morgan fingerprint density at radius 1 is 1.27 bits per heavy atom. The second kappa shape index (κ2) is 6.44. The number of halogens is 2. The van der Waals surface area contributed by atoms with E-state index >= 15 is 0 Å². The molecule has 2 heterocycles. The number of anilines is 1. The maximum absolute atomic E-state index is 12.5. The lowest BCUT2D eigenvalue weighted by molar-refractivity contribution is -0.127. The van der Waals surface area contributed by atoms with E-state index in [0.717, 1.165) is 19.4 Å². The first-order valence-electron chi connectivity index (χ1n) is 7.36. The number of nitrogens with one attached hydrogen (secondary N) is 2. The monoisotopic (exact) mass is 341 g/mol. The van der Waals surface area contributed by atoms with Crippen LogP contribution < -0.4 is 15.5 Å². The summed E-state index contributed by atoms with van der Waals surface area (Å²) in [6, 6.07) is 4.46. The highest BCUT2D eigenvalue weighted by molar-refractivity contribution is 6.42. The zero-order valence-corrected chi connectivity index (χ0v) is 13.5. The highest BCUT2D eigenvalue weighted by atomic mass is 35.5. The van der Waals surface area contributed by atoms with Crippen molar-refractivity contribution in [3.63, 3.8) is 0 Å². The molecule has 2 fully saturated rings. The maximum atomic E-state index is 12.5. The summed E-state index contributed by atoms with van der Waals surface area (Å²) in [7, 11) is 0. The molecule has 2 atom stereocenters. The molecule has 7 heteroatoms. The van der Waals surface area contributed by atoms with Crippen LogP contribution in [0, 0.1) is 0 Å². The van der Waals surface area contributed by atoms with Crippen molar-refractivity contribution in [1.29, 1.82) is 0 Å². The minimum atomic E-state index is -0.468. The third-order valence-electron chi connectivity index (χ3n) is 4.11. The van der Waals surface area contributed by atoms with Gasteiger partial charge in [0.05, 0.1) is 16.1 Å². The fourth-order valence-electron chi connectivity index (χ4n) is 2.90. The van der Waals surface area contributed by atoms with Gasteiger partial charge in [0.1, 0.15) is 6.04 Å². The Hall–Kier alpha value is -1.30. The van der Waals surface area contributed by atoms with Crippen molar-refractivity contribution < 1.29 is 9.59 Å². The Kier molecular flexibility index (Phi) is 4.57. The summed E-state index contributed by atoms with van der Waals surface area (Å²) in [5.41, 5.74) is 0.704. The number of carbonyl (C=O) groups excluding carboxylic acids is 2.